The molecule has 0 radical (unpaired) electrons. The Labute approximate surface area is 143 Å². The van der Waals surface area contributed by atoms with Gasteiger partial charge in [0, 0.05) is 51.2 Å². The van der Waals surface area contributed by atoms with Crippen LogP contribution in [0.4, 0.5) is 17.6 Å². The van der Waals surface area contributed by atoms with E-state index in [0.717, 1.165) is 31.2 Å². The lowest BCUT2D eigenvalue weighted by Crippen LogP contribution is -2.22. The number of hydrogen-bond acceptors (Lipinski definition) is 6. The molecule has 1 aliphatic carbocycles. The van der Waals surface area contributed by atoms with Gasteiger partial charge in [-0.05, 0) is 25.3 Å². The minimum Gasteiger partial charge on any atom is -0.385 e. The maximum Gasteiger partial charge on any atom is 0.227 e. The fourth-order valence-corrected chi connectivity index (χ4v) is 2.28. The van der Waals surface area contributed by atoms with Crippen LogP contribution in [0.2, 0.25) is 0 Å². The van der Waals surface area contributed by atoms with Gasteiger partial charge in [-0.1, -0.05) is 0 Å². The first kappa shape index (κ1) is 17.9. The summed E-state index contributed by atoms with van der Waals surface area (Å²) in [5.74, 6) is 2.90. The summed E-state index contributed by atoms with van der Waals surface area (Å²) in [6.07, 6.45) is 5.21. The van der Waals surface area contributed by atoms with E-state index < -0.39 is 0 Å². The molecule has 0 unspecified atom stereocenters. The maximum absolute atomic E-state index is 5.07. The summed E-state index contributed by atoms with van der Waals surface area (Å²) in [6, 6.07) is 3.90. The highest BCUT2D eigenvalue weighted by atomic mass is 16.5. The maximum atomic E-state index is 5.07. The van der Waals surface area contributed by atoms with Gasteiger partial charge in [-0.2, -0.15) is 10.1 Å². The molecule has 0 amide bonds. The Morgan fingerprint density at radius 3 is 2.88 bits per heavy atom. The van der Waals surface area contributed by atoms with E-state index in [1.54, 1.807) is 13.3 Å². The van der Waals surface area contributed by atoms with Crippen molar-refractivity contribution in [2.75, 3.05) is 37.5 Å². The van der Waals surface area contributed by atoms with Crippen LogP contribution in [0.1, 0.15) is 30.9 Å². The van der Waals surface area contributed by atoms with Gasteiger partial charge in [-0.25, -0.2) is 4.98 Å². The summed E-state index contributed by atoms with van der Waals surface area (Å²) >= 11 is 0. The average molecular weight is 330 g/mol. The molecule has 1 aliphatic rings. The van der Waals surface area contributed by atoms with Gasteiger partial charge in [-0.3, -0.25) is 5.10 Å². The molecule has 24 heavy (non-hydrogen) atoms. The number of methoxy groups -OCH3 is 1. The summed E-state index contributed by atoms with van der Waals surface area (Å²) in [7, 11) is 3.69. The number of anilines is 3. The summed E-state index contributed by atoms with van der Waals surface area (Å²) in [4.78, 5) is 10.9. The first-order valence-corrected chi connectivity index (χ1v) is 8.11. The molecule has 130 valence electrons. The van der Waals surface area contributed by atoms with Crippen LogP contribution in [0.25, 0.3) is 0 Å². The van der Waals surface area contributed by atoms with Crippen LogP contribution in [0.15, 0.2) is 31.5 Å². The van der Waals surface area contributed by atoms with Crippen molar-refractivity contribution in [3.05, 3.63) is 37.2 Å². The van der Waals surface area contributed by atoms with Gasteiger partial charge in [0.25, 0.3) is 0 Å². The van der Waals surface area contributed by atoms with Crippen LogP contribution < -0.4 is 10.2 Å². The molecular weight excluding hydrogens is 304 g/mol. The number of rotatable bonds is 8. The van der Waals surface area contributed by atoms with Gasteiger partial charge in [0.05, 0.1) is 0 Å². The van der Waals surface area contributed by atoms with E-state index in [2.05, 4.69) is 44.7 Å². The predicted octanol–water partition coefficient (Wildman–Crippen LogP) is 3.10. The number of nitrogens with zero attached hydrogens (tertiary/aromatic N) is 4. The highest BCUT2D eigenvalue weighted by Crippen LogP contribution is 2.39. The molecule has 2 N–H and O–H groups in total. The topological polar surface area (TPSA) is 79.0 Å². The monoisotopic (exact) mass is 330 g/mol. The molecule has 0 aromatic carbocycles. The van der Waals surface area contributed by atoms with Gasteiger partial charge >= 0.3 is 0 Å². The Morgan fingerprint density at radius 2 is 2.17 bits per heavy atom. The Hall–Kier alpha value is -2.41. The summed E-state index contributed by atoms with van der Waals surface area (Å²) in [6.45, 7) is 7.59. The lowest BCUT2D eigenvalue weighted by atomic mass is 10.3. The summed E-state index contributed by atoms with van der Waals surface area (Å²) < 4.78 is 5.07. The summed E-state index contributed by atoms with van der Waals surface area (Å²) in [5.41, 5.74) is 1.20. The molecule has 0 aliphatic heterocycles. The predicted molar refractivity (Wildman–Crippen MR) is 96.9 cm³/mol. The quantitative estimate of drug-likeness (QED) is 0.572. The largest absolute Gasteiger partial charge is 0.385 e. The highest BCUT2D eigenvalue weighted by Gasteiger charge is 2.25. The normalized spacial score (nSPS) is 13.1. The number of nitrogens with one attached hydrogen (secondary N) is 2. The third kappa shape index (κ3) is 5.06. The molecule has 2 heterocycles. The fourth-order valence-electron chi connectivity index (χ4n) is 2.28. The smallest absolute Gasteiger partial charge is 0.227 e. The minimum absolute atomic E-state index is 0.663. The van der Waals surface area contributed by atoms with Gasteiger partial charge in [0.2, 0.25) is 5.95 Å². The van der Waals surface area contributed by atoms with Gasteiger partial charge < -0.3 is 15.0 Å². The second-order valence-corrected chi connectivity index (χ2v) is 5.62. The molecule has 7 heteroatoms. The molecule has 0 bridgehead atoms. The third-order valence-corrected chi connectivity index (χ3v) is 3.70. The van der Waals surface area contributed by atoms with Crippen molar-refractivity contribution in [3.8, 4) is 0 Å². The Kier molecular flexibility index (Phi) is 6.74. The Bertz CT molecular complexity index is 625. The van der Waals surface area contributed by atoms with Gasteiger partial charge in [-0.15, -0.1) is 13.2 Å². The molecular formula is C17H26N6O. The molecule has 0 spiro atoms. The molecule has 1 saturated carbocycles. The zero-order valence-corrected chi connectivity index (χ0v) is 14.5. The van der Waals surface area contributed by atoms with Crippen molar-refractivity contribution in [2.45, 2.75) is 25.2 Å². The highest BCUT2D eigenvalue weighted by molar-refractivity contribution is 5.53. The van der Waals surface area contributed by atoms with E-state index >= 15 is 0 Å². The molecule has 0 atom stereocenters. The van der Waals surface area contributed by atoms with E-state index in [1.165, 1.54) is 18.5 Å². The van der Waals surface area contributed by atoms with E-state index in [-0.39, 0.29) is 0 Å². The molecule has 2 aromatic rings. The lowest BCUT2D eigenvalue weighted by molar-refractivity contribution is 0.196. The zero-order valence-electron chi connectivity index (χ0n) is 14.5. The van der Waals surface area contributed by atoms with Gasteiger partial charge in [0.1, 0.15) is 5.82 Å². The number of H-pyrrole nitrogens is 1. The average Bonchev–Trinajstić information content (AvgIpc) is 3.37. The third-order valence-electron chi connectivity index (χ3n) is 3.70. The van der Waals surface area contributed by atoms with Crippen molar-refractivity contribution in [1.82, 2.24) is 20.2 Å². The number of aromatic nitrogens is 4. The van der Waals surface area contributed by atoms with Crippen molar-refractivity contribution >= 4 is 17.6 Å². The molecule has 2 aromatic heterocycles. The van der Waals surface area contributed by atoms with Crippen LogP contribution >= 0.6 is 0 Å². The first-order valence-electron chi connectivity index (χ1n) is 8.11. The molecule has 3 rings (SSSR count). The first-order chi connectivity index (χ1) is 11.8. The Morgan fingerprint density at radius 1 is 1.38 bits per heavy atom. The zero-order chi connectivity index (χ0) is 17.4. The fraction of sp³-hybridized carbons (Fsp3) is 0.471. The van der Waals surface area contributed by atoms with Crippen LogP contribution in [0.3, 0.4) is 0 Å². The van der Waals surface area contributed by atoms with Crippen LogP contribution in [0.5, 0.6) is 0 Å². The van der Waals surface area contributed by atoms with Crippen LogP contribution in [-0.2, 0) is 4.74 Å². The summed E-state index contributed by atoms with van der Waals surface area (Å²) in [5, 5.41) is 10.6. The standard InChI is InChI=1S/C15H22N6O.C2H4/c1-21(8-3-9-22-2)15-16-7-6-13(18-15)17-14-10-12(19-20-14)11-4-5-11;1-2/h6-7,10-11H,3-5,8-9H2,1-2H3,(H2,16,17,18,19,20);1-2H2. The number of aromatic amines is 1. The van der Waals surface area contributed by atoms with E-state index in [0.29, 0.717) is 11.9 Å². The molecule has 1 fully saturated rings. The SMILES string of the molecule is C=C.COCCCN(C)c1nccc(Nc2cc(C3CC3)[nH]n2)n1. The second-order valence-electron chi connectivity index (χ2n) is 5.62. The number of ether oxygens (including phenoxy) is 1. The Balaban J connectivity index is 0.00000100. The van der Waals surface area contributed by atoms with E-state index in [1.807, 2.05) is 18.0 Å². The lowest BCUT2D eigenvalue weighted by Gasteiger charge is -2.17. The van der Waals surface area contributed by atoms with E-state index in [4.69, 9.17) is 4.74 Å². The molecule has 0 saturated heterocycles. The van der Waals surface area contributed by atoms with Crippen LogP contribution in [0, 0.1) is 0 Å². The van der Waals surface area contributed by atoms with Crippen molar-refractivity contribution in [1.29, 1.82) is 0 Å². The second kappa shape index (κ2) is 9.02. The minimum atomic E-state index is 0.663. The van der Waals surface area contributed by atoms with Crippen LogP contribution in [-0.4, -0.2) is 47.5 Å². The van der Waals surface area contributed by atoms with Crippen molar-refractivity contribution < 1.29 is 4.74 Å². The van der Waals surface area contributed by atoms with Crippen molar-refractivity contribution in [2.24, 2.45) is 0 Å². The van der Waals surface area contributed by atoms with Gasteiger partial charge in [0.15, 0.2) is 5.82 Å². The molecule has 7 nitrogen and oxygen atoms in total. The number of hydrogen-bond donors (Lipinski definition) is 2. The van der Waals surface area contributed by atoms with Crippen molar-refractivity contribution in [3.63, 3.8) is 0 Å². The van der Waals surface area contributed by atoms with E-state index in [9.17, 15) is 0 Å².